The maximum Gasteiger partial charge on any atom is 0.328 e. The van der Waals surface area contributed by atoms with Crippen molar-refractivity contribution in [3.8, 4) is 0 Å². The van der Waals surface area contributed by atoms with Crippen LogP contribution in [-0.2, 0) is 19.1 Å². The van der Waals surface area contributed by atoms with Gasteiger partial charge in [-0.1, -0.05) is 0 Å². The van der Waals surface area contributed by atoms with Crippen molar-refractivity contribution >= 4 is 11.9 Å². The smallest absolute Gasteiger partial charge is 0.328 e. The Morgan fingerprint density at radius 2 is 1.79 bits per heavy atom. The molecular weight excluding hydrogens is 186 g/mol. The maximum absolute atomic E-state index is 11.5. The Kier molecular flexibility index (Phi) is 4.56. The van der Waals surface area contributed by atoms with Crippen LogP contribution in [0.3, 0.4) is 0 Å². The van der Waals surface area contributed by atoms with Gasteiger partial charge in [0.1, 0.15) is 11.6 Å². The number of methoxy groups -OCH3 is 2. The Balaban J connectivity index is 4.26. The lowest BCUT2D eigenvalue weighted by atomic mass is 10.1. The highest BCUT2D eigenvalue weighted by molar-refractivity contribution is 5.88. The molecule has 5 nitrogen and oxygen atoms in total. The third-order valence-corrected chi connectivity index (χ3v) is 1.96. The molecule has 5 heteroatoms. The lowest BCUT2D eigenvalue weighted by Crippen LogP contribution is -2.49. The molecule has 0 spiro atoms. The van der Waals surface area contributed by atoms with E-state index in [9.17, 15) is 9.59 Å². The molecule has 1 amide bonds. The Morgan fingerprint density at radius 1 is 1.29 bits per heavy atom. The Bertz CT molecular complexity index is 225. The standard InChI is InChI=1S/C9H17NO4/c1-6(7(11)13-4)10-8(12)9(2,3)14-5/h6H,1-5H3,(H,10,12). The van der Waals surface area contributed by atoms with Gasteiger partial charge in [0.15, 0.2) is 0 Å². The van der Waals surface area contributed by atoms with Crippen LogP contribution < -0.4 is 5.32 Å². The van der Waals surface area contributed by atoms with E-state index >= 15 is 0 Å². The van der Waals surface area contributed by atoms with Crippen molar-refractivity contribution in [2.45, 2.75) is 32.4 Å². The summed E-state index contributed by atoms with van der Waals surface area (Å²) in [6.45, 7) is 4.79. The molecule has 0 aromatic carbocycles. The van der Waals surface area contributed by atoms with E-state index in [1.54, 1.807) is 20.8 Å². The molecule has 0 aliphatic heterocycles. The number of esters is 1. The molecule has 0 fully saturated rings. The van der Waals surface area contributed by atoms with Crippen LogP contribution in [0.1, 0.15) is 20.8 Å². The number of nitrogens with one attached hydrogen (secondary N) is 1. The summed E-state index contributed by atoms with van der Waals surface area (Å²) in [5.74, 6) is -0.830. The van der Waals surface area contributed by atoms with Gasteiger partial charge in [-0.25, -0.2) is 4.79 Å². The van der Waals surface area contributed by atoms with Gasteiger partial charge in [-0.2, -0.15) is 0 Å². The SMILES string of the molecule is COC(=O)C(C)NC(=O)C(C)(C)OC. The minimum atomic E-state index is -0.942. The van der Waals surface area contributed by atoms with Crippen LogP contribution in [0.2, 0.25) is 0 Å². The van der Waals surface area contributed by atoms with Gasteiger partial charge in [0.05, 0.1) is 7.11 Å². The average Bonchev–Trinajstić information content (AvgIpc) is 2.16. The number of ether oxygens (including phenoxy) is 2. The molecule has 0 aliphatic carbocycles. The fraction of sp³-hybridized carbons (Fsp3) is 0.778. The second-order valence-electron chi connectivity index (χ2n) is 3.43. The van der Waals surface area contributed by atoms with E-state index in [0.29, 0.717) is 0 Å². The quantitative estimate of drug-likeness (QED) is 0.658. The van der Waals surface area contributed by atoms with Crippen LogP contribution in [0.25, 0.3) is 0 Å². The van der Waals surface area contributed by atoms with Crippen molar-refractivity contribution in [2.24, 2.45) is 0 Å². The van der Waals surface area contributed by atoms with Crippen LogP contribution in [-0.4, -0.2) is 37.7 Å². The van der Waals surface area contributed by atoms with Crippen molar-refractivity contribution in [1.29, 1.82) is 0 Å². The summed E-state index contributed by atoms with van der Waals surface area (Å²) in [4.78, 5) is 22.5. The molecule has 14 heavy (non-hydrogen) atoms. The molecule has 82 valence electrons. The number of carbonyl (C=O) groups excluding carboxylic acids is 2. The Labute approximate surface area is 83.8 Å². The van der Waals surface area contributed by atoms with E-state index in [1.165, 1.54) is 14.2 Å². The summed E-state index contributed by atoms with van der Waals surface area (Å²) in [6, 6.07) is -0.665. The Hall–Kier alpha value is -1.10. The van der Waals surface area contributed by atoms with Gasteiger partial charge in [0.2, 0.25) is 0 Å². The molecule has 0 radical (unpaired) electrons. The summed E-state index contributed by atoms with van der Waals surface area (Å²) in [7, 11) is 2.70. The fourth-order valence-corrected chi connectivity index (χ4v) is 0.699. The van der Waals surface area contributed by atoms with Gasteiger partial charge in [-0.15, -0.1) is 0 Å². The van der Waals surface area contributed by atoms with E-state index in [4.69, 9.17) is 4.74 Å². The van der Waals surface area contributed by atoms with Gasteiger partial charge in [0.25, 0.3) is 5.91 Å². The molecule has 0 saturated heterocycles. The minimum absolute atomic E-state index is 0.349. The van der Waals surface area contributed by atoms with Gasteiger partial charge >= 0.3 is 5.97 Å². The van der Waals surface area contributed by atoms with Crippen molar-refractivity contribution in [2.75, 3.05) is 14.2 Å². The highest BCUT2D eigenvalue weighted by Gasteiger charge is 2.29. The van der Waals surface area contributed by atoms with E-state index < -0.39 is 17.6 Å². The first-order valence-corrected chi connectivity index (χ1v) is 4.29. The predicted octanol–water partition coefficient (Wildman–Crippen LogP) is 0.0891. The Morgan fingerprint density at radius 3 is 2.14 bits per heavy atom. The van der Waals surface area contributed by atoms with E-state index in [1.807, 2.05) is 0 Å². The maximum atomic E-state index is 11.5. The normalized spacial score (nSPS) is 13.2. The topological polar surface area (TPSA) is 64.6 Å². The second kappa shape index (κ2) is 4.95. The van der Waals surface area contributed by atoms with E-state index in [2.05, 4.69) is 10.1 Å². The molecule has 1 atom stereocenters. The van der Waals surface area contributed by atoms with Crippen LogP contribution in [0, 0.1) is 0 Å². The van der Waals surface area contributed by atoms with Crippen molar-refractivity contribution in [3.05, 3.63) is 0 Å². The highest BCUT2D eigenvalue weighted by Crippen LogP contribution is 2.07. The van der Waals surface area contributed by atoms with E-state index in [-0.39, 0.29) is 5.91 Å². The summed E-state index contributed by atoms with van der Waals surface area (Å²) in [5, 5.41) is 2.48. The predicted molar refractivity (Wildman–Crippen MR) is 50.7 cm³/mol. The number of amides is 1. The number of hydrogen-bond acceptors (Lipinski definition) is 4. The largest absolute Gasteiger partial charge is 0.467 e. The molecule has 0 saturated carbocycles. The summed E-state index contributed by atoms with van der Waals surface area (Å²) < 4.78 is 9.41. The zero-order chi connectivity index (χ0) is 11.4. The highest BCUT2D eigenvalue weighted by atomic mass is 16.5. The number of carbonyl (C=O) groups is 2. The van der Waals surface area contributed by atoms with E-state index in [0.717, 1.165) is 0 Å². The van der Waals surface area contributed by atoms with Crippen LogP contribution >= 0.6 is 0 Å². The van der Waals surface area contributed by atoms with Gasteiger partial charge in [-0.05, 0) is 20.8 Å². The van der Waals surface area contributed by atoms with Gasteiger partial charge in [-0.3, -0.25) is 4.79 Å². The molecule has 0 heterocycles. The van der Waals surface area contributed by atoms with Crippen molar-refractivity contribution in [3.63, 3.8) is 0 Å². The fourth-order valence-electron chi connectivity index (χ4n) is 0.699. The molecule has 0 aromatic rings. The monoisotopic (exact) mass is 203 g/mol. The van der Waals surface area contributed by atoms with Gasteiger partial charge < -0.3 is 14.8 Å². The third-order valence-electron chi connectivity index (χ3n) is 1.96. The van der Waals surface area contributed by atoms with Crippen molar-refractivity contribution < 1.29 is 19.1 Å². The van der Waals surface area contributed by atoms with Crippen LogP contribution in [0.5, 0.6) is 0 Å². The summed E-state index contributed by atoms with van der Waals surface area (Å²) in [5.41, 5.74) is -0.942. The van der Waals surface area contributed by atoms with Crippen LogP contribution in [0.4, 0.5) is 0 Å². The second-order valence-corrected chi connectivity index (χ2v) is 3.43. The first-order chi connectivity index (χ1) is 6.35. The molecule has 0 aliphatic rings. The van der Waals surface area contributed by atoms with Crippen LogP contribution in [0.15, 0.2) is 0 Å². The first kappa shape index (κ1) is 12.9. The molecular formula is C9H17NO4. The molecule has 0 rings (SSSR count). The zero-order valence-corrected chi connectivity index (χ0v) is 9.21. The summed E-state index contributed by atoms with van der Waals surface area (Å²) in [6.07, 6.45) is 0. The first-order valence-electron chi connectivity index (χ1n) is 4.29. The molecule has 1 N–H and O–H groups in total. The lowest BCUT2D eigenvalue weighted by Gasteiger charge is -2.23. The lowest BCUT2D eigenvalue weighted by molar-refractivity contribution is -0.148. The average molecular weight is 203 g/mol. The molecule has 1 unspecified atom stereocenters. The van der Waals surface area contributed by atoms with Gasteiger partial charge in [0, 0.05) is 7.11 Å². The number of rotatable bonds is 4. The minimum Gasteiger partial charge on any atom is -0.467 e. The molecule has 0 aromatic heterocycles. The summed E-state index contributed by atoms with van der Waals surface area (Å²) >= 11 is 0. The van der Waals surface area contributed by atoms with Crippen molar-refractivity contribution in [1.82, 2.24) is 5.32 Å². The zero-order valence-electron chi connectivity index (χ0n) is 9.21. The third kappa shape index (κ3) is 3.33. The number of hydrogen-bond donors (Lipinski definition) is 1. The molecule has 0 bridgehead atoms.